The minimum atomic E-state index is -0.474. The van der Waals surface area contributed by atoms with Crippen LogP contribution in [0.4, 0.5) is 4.79 Å². The van der Waals surface area contributed by atoms with Gasteiger partial charge in [0.05, 0.1) is 0 Å². The number of benzene rings is 1. The van der Waals surface area contributed by atoms with Crippen LogP contribution >= 0.6 is 0 Å². The minimum absolute atomic E-state index is 0.237. The standard InChI is InChI=1S/C27H43N3O3/c1-21(2)17-24-20-28(19-23-9-7-6-8-10-23)15-16-30(24)25(31)18-22-11-13-29(14-12-22)26(32)33-27(3,4)5/h6-10,21-22,24H,11-20H2,1-5H3/t24-/m0/s1. The molecule has 2 fully saturated rings. The lowest BCUT2D eigenvalue weighted by Gasteiger charge is -2.43. The van der Waals surface area contributed by atoms with Gasteiger partial charge in [0.15, 0.2) is 0 Å². The van der Waals surface area contributed by atoms with E-state index < -0.39 is 5.60 Å². The van der Waals surface area contributed by atoms with Crippen LogP contribution in [-0.4, -0.2) is 71.1 Å². The van der Waals surface area contributed by atoms with Gasteiger partial charge in [-0.1, -0.05) is 44.2 Å². The molecule has 184 valence electrons. The molecule has 2 amide bonds. The summed E-state index contributed by atoms with van der Waals surface area (Å²) in [5, 5.41) is 0. The normalized spacial score (nSPS) is 20.8. The fourth-order valence-electron chi connectivity index (χ4n) is 4.99. The molecule has 6 nitrogen and oxygen atoms in total. The summed E-state index contributed by atoms with van der Waals surface area (Å²) < 4.78 is 5.50. The fourth-order valence-corrected chi connectivity index (χ4v) is 4.99. The number of piperidine rings is 1. The van der Waals surface area contributed by atoms with E-state index >= 15 is 0 Å². The maximum atomic E-state index is 13.3. The number of nitrogens with zero attached hydrogens (tertiary/aromatic N) is 3. The van der Waals surface area contributed by atoms with Gasteiger partial charge in [-0.2, -0.15) is 0 Å². The number of piperazine rings is 1. The van der Waals surface area contributed by atoms with Crippen LogP contribution < -0.4 is 0 Å². The molecule has 2 aliphatic rings. The summed E-state index contributed by atoms with van der Waals surface area (Å²) in [5.74, 6) is 1.19. The third-order valence-electron chi connectivity index (χ3n) is 6.61. The van der Waals surface area contributed by atoms with Gasteiger partial charge in [0.25, 0.3) is 0 Å². The summed E-state index contributed by atoms with van der Waals surface area (Å²) in [6, 6.07) is 10.9. The molecule has 0 spiro atoms. The van der Waals surface area contributed by atoms with Gasteiger partial charge in [-0.05, 0) is 57.4 Å². The zero-order chi connectivity index (χ0) is 24.0. The molecule has 0 saturated carbocycles. The van der Waals surface area contributed by atoms with E-state index in [0.717, 1.165) is 45.4 Å². The van der Waals surface area contributed by atoms with Crippen LogP contribution in [0.5, 0.6) is 0 Å². The Labute approximate surface area is 200 Å². The van der Waals surface area contributed by atoms with Crippen molar-refractivity contribution in [3.8, 4) is 0 Å². The summed E-state index contributed by atoms with van der Waals surface area (Å²) in [4.78, 5) is 32.1. The number of likely N-dealkylation sites (tertiary alicyclic amines) is 1. The van der Waals surface area contributed by atoms with Crippen LogP contribution in [0.2, 0.25) is 0 Å². The number of hydrogen-bond donors (Lipinski definition) is 0. The van der Waals surface area contributed by atoms with E-state index in [-0.39, 0.29) is 18.0 Å². The molecule has 0 N–H and O–H groups in total. The van der Waals surface area contributed by atoms with Crippen LogP contribution in [0, 0.1) is 11.8 Å². The fraction of sp³-hybridized carbons (Fsp3) is 0.704. The third kappa shape index (κ3) is 8.02. The van der Waals surface area contributed by atoms with Crippen LogP contribution in [0.3, 0.4) is 0 Å². The van der Waals surface area contributed by atoms with Crippen molar-refractivity contribution < 1.29 is 14.3 Å². The van der Waals surface area contributed by atoms with Gasteiger partial charge >= 0.3 is 6.09 Å². The van der Waals surface area contributed by atoms with E-state index in [0.29, 0.717) is 31.3 Å². The van der Waals surface area contributed by atoms with Crippen molar-refractivity contribution in [2.45, 2.75) is 78.5 Å². The molecule has 2 aliphatic heterocycles. The highest BCUT2D eigenvalue weighted by Crippen LogP contribution is 2.26. The second-order valence-electron chi connectivity index (χ2n) is 11.2. The molecule has 2 saturated heterocycles. The van der Waals surface area contributed by atoms with Crippen LogP contribution in [0.1, 0.15) is 65.9 Å². The highest BCUT2D eigenvalue weighted by molar-refractivity contribution is 5.77. The third-order valence-corrected chi connectivity index (χ3v) is 6.61. The van der Waals surface area contributed by atoms with Crippen LogP contribution in [0.15, 0.2) is 30.3 Å². The molecule has 0 aromatic heterocycles. The van der Waals surface area contributed by atoms with Crippen molar-refractivity contribution >= 4 is 12.0 Å². The Bertz CT molecular complexity index is 767. The van der Waals surface area contributed by atoms with E-state index in [1.165, 1.54) is 5.56 Å². The number of rotatable bonds is 6. The van der Waals surface area contributed by atoms with Crippen LogP contribution in [0.25, 0.3) is 0 Å². The number of carbonyl (C=O) groups is 2. The molecule has 1 aromatic carbocycles. The first-order valence-electron chi connectivity index (χ1n) is 12.6. The van der Waals surface area contributed by atoms with Crippen molar-refractivity contribution in [1.29, 1.82) is 0 Å². The van der Waals surface area contributed by atoms with Crippen molar-refractivity contribution in [3.05, 3.63) is 35.9 Å². The molecule has 6 heteroatoms. The van der Waals surface area contributed by atoms with E-state index in [1.807, 2.05) is 20.8 Å². The molecule has 2 heterocycles. The number of amides is 2. The maximum absolute atomic E-state index is 13.3. The van der Waals surface area contributed by atoms with Gasteiger partial charge in [-0.25, -0.2) is 4.79 Å². The average Bonchev–Trinajstić information content (AvgIpc) is 2.73. The molecule has 0 unspecified atom stereocenters. The molecular weight excluding hydrogens is 414 g/mol. The summed E-state index contributed by atoms with van der Waals surface area (Å²) >= 11 is 0. The van der Waals surface area contributed by atoms with Gasteiger partial charge in [-0.3, -0.25) is 9.69 Å². The average molecular weight is 458 g/mol. The predicted octanol–water partition coefficient (Wildman–Crippen LogP) is 4.78. The second-order valence-corrected chi connectivity index (χ2v) is 11.2. The number of carbonyl (C=O) groups excluding carboxylic acids is 2. The molecule has 3 rings (SSSR count). The zero-order valence-corrected chi connectivity index (χ0v) is 21.3. The number of ether oxygens (including phenoxy) is 1. The second kappa shape index (κ2) is 11.4. The summed E-state index contributed by atoms with van der Waals surface area (Å²) in [6.45, 7) is 15.1. The van der Waals surface area contributed by atoms with Gasteiger partial charge in [0.1, 0.15) is 5.60 Å². The van der Waals surface area contributed by atoms with Gasteiger partial charge in [-0.15, -0.1) is 0 Å². The van der Waals surface area contributed by atoms with E-state index in [1.54, 1.807) is 4.90 Å². The molecule has 1 atom stereocenters. The quantitative estimate of drug-likeness (QED) is 0.617. The summed E-state index contributed by atoms with van der Waals surface area (Å²) in [7, 11) is 0. The number of hydrogen-bond acceptors (Lipinski definition) is 4. The topological polar surface area (TPSA) is 53.1 Å². The van der Waals surface area contributed by atoms with E-state index in [4.69, 9.17) is 4.74 Å². The Kier molecular flexibility index (Phi) is 8.80. The van der Waals surface area contributed by atoms with Gasteiger partial charge in [0.2, 0.25) is 5.91 Å². The minimum Gasteiger partial charge on any atom is -0.444 e. The smallest absolute Gasteiger partial charge is 0.410 e. The summed E-state index contributed by atoms with van der Waals surface area (Å²) in [6.07, 6.45) is 3.13. The highest BCUT2D eigenvalue weighted by Gasteiger charge is 2.33. The van der Waals surface area contributed by atoms with Crippen molar-refractivity contribution in [2.75, 3.05) is 32.7 Å². The predicted molar refractivity (Wildman–Crippen MR) is 132 cm³/mol. The molecule has 33 heavy (non-hydrogen) atoms. The molecule has 0 aliphatic carbocycles. The molecular formula is C27H43N3O3. The highest BCUT2D eigenvalue weighted by atomic mass is 16.6. The zero-order valence-electron chi connectivity index (χ0n) is 21.3. The summed E-state index contributed by atoms with van der Waals surface area (Å²) in [5.41, 5.74) is 0.857. The lowest BCUT2D eigenvalue weighted by atomic mass is 9.92. The van der Waals surface area contributed by atoms with Gasteiger partial charge in [0, 0.05) is 51.7 Å². The Morgan fingerprint density at radius 1 is 1.03 bits per heavy atom. The molecule has 0 radical (unpaired) electrons. The SMILES string of the molecule is CC(C)C[C@H]1CN(Cc2ccccc2)CCN1C(=O)CC1CCN(C(=O)OC(C)(C)C)CC1. The van der Waals surface area contributed by atoms with Crippen molar-refractivity contribution in [1.82, 2.24) is 14.7 Å². The largest absolute Gasteiger partial charge is 0.444 e. The molecule has 1 aromatic rings. The van der Waals surface area contributed by atoms with E-state index in [2.05, 4.69) is 54.0 Å². The van der Waals surface area contributed by atoms with Crippen molar-refractivity contribution in [2.24, 2.45) is 11.8 Å². The lowest BCUT2D eigenvalue weighted by Crippen LogP contribution is -2.55. The Morgan fingerprint density at radius 3 is 2.30 bits per heavy atom. The Morgan fingerprint density at radius 2 is 1.70 bits per heavy atom. The van der Waals surface area contributed by atoms with E-state index in [9.17, 15) is 9.59 Å². The van der Waals surface area contributed by atoms with Crippen molar-refractivity contribution in [3.63, 3.8) is 0 Å². The molecule has 0 bridgehead atoms. The first-order valence-corrected chi connectivity index (χ1v) is 12.6. The lowest BCUT2D eigenvalue weighted by molar-refractivity contribution is -0.138. The first kappa shape index (κ1) is 25.5. The maximum Gasteiger partial charge on any atom is 0.410 e. The Balaban J connectivity index is 1.51. The van der Waals surface area contributed by atoms with Crippen LogP contribution in [-0.2, 0) is 16.1 Å². The monoisotopic (exact) mass is 457 g/mol. The van der Waals surface area contributed by atoms with Gasteiger partial charge < -0.3 is 14.5 Å². The Hall–Kier alpha value is -2.08. The first-order chi connectivity index (χ1) is 15.6.